The molecule has 0 fully saturated rings. The monoisotopic (exact) mass is 124 g/mol. The van der Waals surface area contributed by atoms with Crippen molar-refractivity contribution in [3.8, 4) is 0 Å². The fourth-order valence-corrected chi connectivity index (χ4v) is 0.676. The Hall–Kier alpha value is -1.12. The smallest absolute Gasteiger partial charge is 0.229 e. The van der Waals surface area contributed by atoms with Gasteiger partial charge in [0.15, 0.2) is 0 Å². The van der Waals surface area contributed by atoms with Gasteiger partial charge in [-0.2, -0.15) is 0 Å². The van der Waals surface area contributed by atoms with Crippen LogP contribution >= 0.6 is 0 Å². The molecular weight excluding hydrogens is 114 g/mol. The first-order valence-corrected chi connectivity index (χ1v) is 2.94. The molecule has 0 saturated heterocycles. The highest BCUT2D eigenvalue weighted by molar-refractivity contribution is 4.84. The van der Waals surface area contributed by atoms with Gasteiger partial charge in [-0.05, 0) is 0 Å². The van der Waals surface area contributed by atoms with E-state index in [9.17, 15) is 0 Å². The first kappa shape index (κ1) is 6.01. The van der Waals surface area contributed by atoms with Crippen molar-refractivity contribution in [3.63, 3.8) is 0 Å². The minimum atomic E-state index is 0.921. The van der Waals surface area contributed by atoms with Crippen LogP contribution in [0.5, 0.6) is 0 Å². The number of hydrogen-bond donors (Lipinski definition) is 1. The highest BCUT2D eigenvalue weighted by Gasteiger charge is 2.00. The van der Waals surface area contributed by atoms with Crippen LogP contribution in [0.25, 0.3) is 0 Å². The summed E-state index contributed by atoms with van der Waals surface area (Å²) < 4.78 is 1.58. The summed E-state index contributed by atoms with van der Waals surface area (Å²) in [5.41, 5.74) is 1.04. The van der Waals surface area contributed by atoms with E-state index in [2.05, 4.69) is 4.98 Å². The first-order chi connectivity index (χ1) is 4.34. The van der Waals surface area contributed by atoms with Crippen LogP contribution in [-0.2, 0) is 6.42 Å². The van der Waals surface area contributed by atoms with Gasteiger partial charge in [-0.15, -0.1) is 0 Å². The molecular formula is C6H10N3+. The molecule has 48 valence electrons. The number of aryl methyl sites for hydroxylation is 1. The highest BCUT2D eigenvalue weighted by atomic mass is 15.3. The predicted molar refractivity (Wildman–Crippen MR) is 34.0 cm³/mol. The molecule has 0 saturated carbocycles. The fourth-order valence-electron chi connectivity index (χ4n) is 0.676. The lowest BCUT2D eigenvalue weighted by Crippen LogP contribution is -2.47. The molecule has 0 aliphatic heterocycles. The maximum Gasteiger partial charge on any atom is 0.229 e. The Morgan fingerprint density at radius 3 is 3.00 bits per heavy atom. The molecule has 2 N–H and O–H groups in total. The largest absolute Gasteiger partial charge is 0.252 e. The van der Waals surface area contributed by atoms with Gasteiger partial charge in [0, 0.05) is 6.42 Å². The second-order valence-electron chi connectivity index (χ2n) is 1.83. The SMILES string of the molecule is CCc1cncc[n+]1N. The van der Waals surface area contributed by atoms with Crippen molar-refractivity contribution in [2.75, 3.05) is 5.84 Å². The summed E-state index contributed by atoms with van der Waals surface area (Å²) in [5, 5.41) is 0. The average Bonchev–Trinajstić information content (AvgIpc) is 1.89. The van der Waals surface area contributed by atoms with Crippen molar-refractivity contribution in [2.45, 2.75) is 13.3 Å². The zero-order valence-electron chi connectivity index (χ0n) is 5.41. The Morgan fingerprint density at radius 1 is 1.78 bits per heavy atom. The first-order valence-electron chi connectivity index (χ1n) is 2.94. The number of nitrogen functional groups attached to an aromatic ring is 1. The number of rotatable bonds is 1. The lowest BCUT2D eigenvalue weighted by atomic mass is 10.4. The lowest BCUT2D eigenvalue weighted by Gasteiger charge is -1.89. The van der Waals surface area contributed by atoms with E-state index in [1.807, 2.05) is 6.92 Å². The molecule has 0 unspecified atom stereocenters. The van der Waals surface area contributed by atoms with E-state index in [1.165, 1.54) is 0 Å². The van der Waals surface area contributed by atoms with Gasteiger partial charge in [-0.3, -0.25) is 4.98 Å². The van der Waals surface area contributed by atoms with Crippen LogP contribution < -0.4 is 10.5 Å². The standard InChI is InChI=1S/C6H10N3/c1-2-6-5-8-3-4-9(6)7/h3-5H,2H2,1H3,(H2,7,8)/q+1. The van der Waals surface area contributed by atoms with Crippen LogP contribution in [0, 0.1) is 0 Å². The molecule has 0 bridgehead atoms. The van der Waals surface area contributed by atoms with E-state index in [4.69, 9.17) is 5.84 Å². The molecule has 1 aromatic heterocycles. The third-order valence-corrected chi connectivity index (χ3v) is 1.23. The molecule has 1 rings (SSSR count). The summed E-state index contributed by atoms with van der Waals surface area (Å²) in [7, 11) is 0. The lowest BCUT2D eigenvalue weighted by molar-refractivity contribution is -0.647. The Morgan fingerprint density at radius 2 is 2.56 bits per heavy atom. The van der Waals surface area contributed by atoms with Crippen molar-refractivity contribution >= 4 is 0 Å². The van der Waals surface area contributed by atoms with Crippen molar-refractivity contribution in [3.05, 3.63) is 24.3 Å². The maximum atomic E-state index is 5.51. The molecule has 0 aliphatic rings. The molecule has 0 radical (unpaired) electrons. The maximum absolute atomic E-state index is 5.51. The Kier molecular flexibility index (Phi) is 1.63. The Balaban J connectivity index is 3.01. The predicted octanol–water partition coefficient (Wildman–Crippen LogP) is -0.355. The molecule has 0 aromatic carbocycles. The molecule has 1 aromatic rings. The summed E-state index contributed by atoms with van der Waals surface area (Å²) in [6.07, 6.45) is 6.09. The number of nitrogens with two attached hydrogens (primary N) is 1. The van der Waals surface area contributed by atoms with Gasteiger partial charge in [0.25, 0.3) is 0 Å². The third kappa shape index (κ3) is 1.16. The van der Waals surface area contributed by atoms with E-state index < -0.39 is 0 Å². The van der Waals surface area contributed by atoms with Gasteiger partial charge < -0.3 is 0 Å². The molecule has 1 heterocycles. The zero-order chi connectivity index (χ0) is 6.69. The summed E-state index contributed by atoms with van der Waals surface area (Å²) in [4.78, 5) is 3.92. The normalized spacial score (nSPS) is 9.44. The molecule has 0 amide bonds. The quantitative estimate of drug-likeness (QED) is 0.410. The summed E-state index contributed by atoms with van der Waals surface area (Å²) in [6.45, 7) is 2.04. The van der Waals surface area contributed by atoms with Crippen molar-refractivity contribution in [1.82, 2.24) is 4.98 Å². The molecule has 0 aliphatic carbocycles. The second-order valence-corrected chi connectivity index (χ2v) is 1.83. The summed E-state index contributed by atoms with van der Waals surface area (Å²) >= 11 is 0. The van der Waals surface area contributed by atoms with Crippen molar-refractivity contribution in [2.24, 2.45) is 0 Å². The van der Waals surface area contributed by atoms with E-state index >= 15 is 0 Å². The molecule has 3 heteroatoms. The van der Waals surface area contributed by atoms with Crippen LogP contribution in [0.15, 0.2) is 18.6 Å². The molecule has 3 nitrogen and oxygen atoms in total. The number of hydrogen-bond acceptors (Lipinski definition) is 2. The van der Waals surface area contributed by atoms with Crippen molar-refractivity contribution < 1.29 is 4.68 Å². The van der Waals surface area contributed by atoms with Gasteiger partial charge in [0.05, 0.1) is 12.4 Å². The van der Waals surface area contributed by atoms with Crippen molar-refractivity contribution in [1.29, 1.82) is 0 Å². The van der Waals surface area contributed by atoms with Gasteiger partial charge in [0.2, 0.25) is 11.9 Å². The van der Waals surface area contributed by atoms with Gasteiger partial charge in [-0.1, -0.05) is 11.6 Å². The average molecular weight is 124 g/mol. The van der Waals surface area contributed by atoms with Crippen LogP contribution in [-0.4, -0.2) is 4.98 Å². The van der Waals surface area contributed by atoms with Gasteiger partial charge in [0.1, 0.15) is 0 Å². The van der Waals surface area contributed by atoms with Gasteiger partial charge in [-0.25, -0.2) is 5.84 Å². The van der Waals surface area contributed by atoms with Crippen LogP contribution in [0.2, 0.25) is 0 Å². The second kappa shape index (κ2) is 2.44. The fraction of sp³-hybridized carbons (Fsp3) is 0.333. The van der Waals surface area contributed by atoms with E-state index in [0.717, 1.165) is 12.1 Å². The Labute approximate surface area is 54.1 Å². The van der Waals surface area contributed by atoms with Crippen LogP contribution in [0.4, 0.5) is 0 Å². The number of nitrogens with zero attached hydrogens (tertiary/aromatic N) is 2. The van der Waals surface area contributed by atoms with Gasteiger partial charge >= 0.3 is 0 Å². The van der Waals surface area contributed by atoms with Crippen LogP contribution in [0.3, 0.4) is 0 Å². The Bertz CT molecular complexity index is 197. The summed E-state index contributed by atoms with van der Waals surface area (Å²) in [6, 6.07) is 0. The molecule has 0 spiro atoms. The molecule has 0 atom stereocenters. The minimum Gasteiger partial charge on any atom is -0.252 e. The number of aromatic nitrogens is 2. The van der Waals surface area contributed by atoms with E-state index in [-0.39, 0.29) is 0 Å². The minimum absolute atomic E-state index is 0.921. The summed E-state index contributed by atoms with van der Waals surface area (Å²) in [5.74, 6) is 5.51. The van der Waals surface area contributed by atoms with E-state index in [0.29, 0.717) is 0 Å². The zero-order valence-corrected chi connectivity index (χ0v) is 5.41. The van der Waals surface area contributed by atoms with Crippen LogP contribution in [0.1, 0.15) is 12.6 Å². The molecule has 9 heavy (non-hydrogen) atoms. The highest BCUT2D eigenvalue weighted by Crippen LogP contribution is 1.84. The third-order valence-electron chi connectivity index (χ3n) is 1.23. The topological polar surface area (TPSA) is 42.8 Å². The van der Waals surface area contributed by atoms with E-state index in [1.54, 1.807) is 23.3 Å².